The highest BCUT2D eigenvalue weighted by atomic mass is 16.5. The van der Waals surface area contributed by atoms with Gasteiger partial charge in [-0.05, 0) is 17.4 Å². The van der Waals surface area contributed by atoms with E-state index in [4.69, 9.17) is 4.74 Å². The van der Waals surface area contributed by atoms with Crippen molar-refractivity contribution >= 4 is 6.09 Å². The fourth-order valence-corrected chi connectivity index (χ4v) is 3.56. The van der Waals surface area contributed by atoms with Crippen molar-refractivity contribution in [3.05, 3.63) is 35.9 Å². The Hall–Kier alpha value is -1.59. The van der Waals surface area contributed by atoms with Gasteiger partial charge in [0.25, 0.3) is 0 Å². The highest BCUT2D eigenvalue weighted by molar-refractivity contribution is 5.65. The third-order valence-corrected chi connectivity index (χ3v) is 5.49. The molecular formula is C19H28N2O3. The van der Waals surface area contributed by atoms with E-state index in [0.29, 0.717) is 38.2 Å². The lowest BCUT2D eigenvalue weighted by molar-refractivity contribution is -0.156. The van der Waals surface area contributed by atoms with Gasteiger partial charge in [0.1, 0.15) is 5.60 Å². The van der Waals surface area contributed by atoms with Gasteiger partial charge in [-0.2, -0.15) is 0 Å². The lowest BCUT2D eigenvalue weighted by atomic mass is 9.75. The average Bonchev–Trinajstić information content (AvgIpc) is 3.33. The SMILES string of the molecule is CC(C)(C)C1(CN[C@@H]2C[C@H]2c2ccccc2)CN(C(=O)O)CCO1. The number of ether oxygens (including phenoxy) is 1. The van der Waals surface area contributed by atoms with Crippen LogP contribution in [0.5, 0.6) is 0 Å². The van der Waals surface area contributed by atoms with Crippen LogP contribution in [0.4, 0.5) is 4.79 Å². The van der Waals surface area contributed by atoms with Crippen LogP contribution >= 0.6 is 0 Å². The lowest BCUT2D eigenvalue weighted by Gasteiger charge is -2.49. The number of carboxylic acid groups (broad SMARTS) is 1. The molecule has 2 fully saturated rings. The fourth-order valence-electron chi connectivity index (χ4n) is 3.56. The number of hydrogen-bond acceptors (Lipinski definition) is 3. The molecule has 0 aromatic heterocycles. The van der Waals surface area contributed by atoms with E-state index in [-0.39, 0.29) is 5.41 Å². The van der Waals surface area contributed by atoms with Crippen LogP contribution in [0.2, 0.25) is 0 Å². The molecule has 2 aliphatic rings. The van der Waals surface area contributed by atoms with Crippen molar-refractivity contribution in [3.63, 3.8) is 0 Å². The second kappa shape index (κ2) is 6.37. The molecule has 1 aliphatic heterocycles. The molecule has 2 N–H and O–H groups in total. The van der Waals surface area contributed by atoms with E-state index in [1.807, 2.05) is 6.07 Å². The van der Waals surface area contributed by atoms with Crippen molar-refractivity contribution < 1.29 is 14.6 Å². The molecule has 0 radical (unpaired) electrons. The molecule has 1 amide bonds. The number of amides is 1. The minimum atomic E-state index is -0.861. The molecular weight excluding hydrogens is 304 g/mol. The summed E-state index contributed by atoms with van der Waals surface area (Å²) in [5.41, 5.74) is 0.732. The van der Waals surface area contributed by atoms with Crippen LogP contribution in [0.25, 0.3) is 0 Å². The summed E-state index contributed by atoms with van der Waals surface area (Å²) in [7, 11) is 0. The summed E-state index contributed by atoms with van der Waals surface area (Å²) in [6.07, 6.45) is 0.271. The Bertz CT molecular complexity index is 584. The highest BCUT2D eigenvalue weighted by Crippen LogP contribution is 2.42. The van der Waals surface area contributed by atoms with E-state index in [2.05, 4.69) is 50.4 Å². The highest BCUT2D eigenvalue weighted by Gasteiger charge is 2.49. The van der Waals surface area contributed by atoms with Gasteiger partial charge in [0, 0.05) is 25.0 Å². The zero-order valence-corrected chi connectivity index (χ0v) is 14.8. The van der Waals surface area contributed by atoms with Crippen LogP contribution in [0.1, 0.15) is 38.7 Å². The van der Waals surface area contributed by atoms with Crippen LogP contribution in [0, 0.1) is 5.41 Å². The Morgan fingerprint density at radius 1 is 1.38 bits per heavy atom. The topological polar surface area (TPSA) is 61.8 Å². The molecule has 0 spiro atoms. The van der Waals surface area contributed by atoms with Gasteiger partial charge in [0.05, 0.1) is 13.2 Å². The molecule has 24 heavy (non-hydrogen) atoms. The normalized spacial score (nSPS) is 30.2. The summed E-state index contributed by atoms with van der Waals surface area (Å²) < 4.78 is 6.16. The van der Waals surface area contributed by atoms with Crippen LogP contribution < -0.4 is 5.32 Å². The van der Waals surface area contributed by atoms with Gasteiger partial charge in [-0.3, -0.25) is 0 Å². The van der Waals surface area contributed by atoms with Crippen LogP contribution in [-0.4, -0.2) is 54.0 Å². The summed E-state index contributed by atoms with van der Waals surface area (Å²) in [6.45, 7) is 8.38. The van der Waals surface area contributed by atoms with Gasteiger partial charge < -0.3 is 20.1 Å². The molecule has 1 aromatic rings. The molecule has 3 rings (SSSR count). The van der Waals surface area contributed by atoms with E-state index in [1.54, 1.807) is 0 Å². The van der Waals surface area contributed by atoms with Gasteiger partial charge >= 0.3 is 6.09 Å². The Morgan fingerprint density at radius 3 is 2.71 bits per heavy atom. The standard InChI is InChI=1S/C19H28N2O3/c1-18(2,3)19(13-21(17(22)23)9-10-24-19)12-20-16-11-15(16)14-7-5-4-6-8-14/h4-8,15-16,20H,9-13H2,1-3H3,(H,22,23)/t15-,16+,19?/m0/s1. The molecule has 1 saturated heterocycles. The summed E-state index contributed by atoms with van der Waals surface area (Å²) >= 11 is 0. The summed E-state index contributed by atoms with van der Waals surface area (Å²) in [5.74, 6) is 0.558. The molecule has 132 valence electrons. The first-order chi connectivity index (χ1) is 11.3. The Balaban J connectivity index is 1.65. The average molecular weight is 332 g/mol. The minimum Gasteiger partial charge on any atom is -0.465 e. The van der Waals surface area contributed by atoms with Gasteiger partial charge in [0.15, 0.2) is 0 Å². The number of rotatable bonds is 4. The first-order valence-corrected chi connectivity index (χ1v) is 8.73. The summed E-state index contributed by atoms with van der Waals surface area (Å²) in [6, 6.07) is 11.0. The zero-order valence-electron chi connectivity index (χ0n) is 14.8. The Labute approximate surface area is 144 Å². The van der Waals surface area contributed by atoms with Crippen molar-refractivity contribution in [2.75, 3.05) is 26.2 Å². The number of carbonyl (C=O) groups is 1. The number of benzene rings is 1. The molecule has 5 heteroatoms. The second-order valence-corrected chi connectivity index (χ2v) is 8.04. The summed E-state index contributed by atoms with van der Waals surface area (Å²) in [4.78, 5) is 12.9. The van der Waals surface area contributed by atoms with Crippen molar-refractivity contribution in [3.8, 4) is 0 Å². The van der Waals surface area contributed by atoms with Crippen molar-refractivity contribution in [2.24, 2.45) is 5.41 Å². The molecule has 1 aromatic carbocycles. The summed E-state index contributed by atoms with van der Waals surface area (Å²) in [5, 5.41) is 13.0. The van der Waals surface area contributed by atoms with Crippen molar-refractivity contribution in [1.29, 1.82) is 0 Å². The van der Waals surface area contributed by atoms with Gasteiger partial charge in [-0.1, -0.05) is 51.1 Å². The van der Waals surface area contributed by atoms with E-state index < -0.39 is 11.7 Å². The molecule has 1 unspecified atom stereocenters. The van der Waals surface area contributed by atoms with E-state index in [0.717, 1.165) is 6.42 Å². The maximum absolute atomic E-state index is 11.4. The number of nitrogens with zero attached hydrogens (tertiary/aromatic N) is 1. The smallest absolute Gasteiger partial charge is 0.407 e. The van der Waals surface area contributed by atoms with Crippen molar-refractivity contribution in [2.45, 2.75) is 44.8 Å². The first-order valence-electron chi connectivity index (χ1n) is 8.73. The minimum absolute atomic E-state index is 0.148. The Kier molecular flexibility index (Phi) is 4.58. The quantitative estimate of drug-likeness (QED) is 0.890. The van der Waals surface area contributed by atoms with Crippen LogP contribution in [0.3, 0.4) is 0 Å². The molecule has 1 saturated carbocycles. The van der Waals surface area contributed by atoms with E-state index >= 15 is 0 Å². The van der Waals surface area contributed by atoms with Gasteiger partial charge in [0.2, 0.25) is 0 Å². The third kappa shape index (κ3) is 3.42. The number of nitrogens with one attached hydrogen (secondary N) is 1. The Morgan fingerprint density at radius 2 is 2.08 bits per heavy atom. The van der Waals surface area contributed by atoms with E-state index in [1.165, 1.54) is 10.5 Å². The number of hydrogen-bond donors (Lipinski definition) is 2. The predicted molar refractivity (Wildman–Crippen MR) is 93.3 cm³/mol. The molecule has 1 aliphatic carbocycles. The maximum atomic E-state index is 11.4. The van der Waals surface area contributed by atoms with Crippen LogP contribution in [-0.2, 0) is 4.74 Å². The van der Waals surface area contributed by atoms with Gasteiger partial charge in [-0.25, -0.2) is 4.79 Å². The maximum Gasteiger partial charge on any atom is 0.407 e. The second-order valence-electron chi connectivity index (χ2n) is 8.04. The van der Waals surface area contributed by atoms with Crippen molar-refractivity contribution in [1.82, 2.24) is 10.2 Å². The molecule has 5 nitrogen and oxygen atoms in total. The first kappa shape index (κ1) is 17.2. The zero-order chi connectivity index (χ0) is 17.4. The van der Waals surface area contributed by atoms with Crippen LogP contribution in [0.15, 0.2) is 30.3 Å². The third-order valence-electron chi connectivity index (χ3n) is 5.49. The lowest BCUT2D eigenvalue weighted by Crippen LogP contribution is -2.64. The molecule has 1 heterocycles. The molecule has 0 bridgehead atoms. The van der Waals surface area contributed by atoms with E-state index in [9.17, 15) is 9.90 Å². The molecule has 3 atom stereocenters. The monoisotopic (exact) mass is 332 g/mol. The largest absolute Gasteiger partial charge is 0.465 e. The predicted octanol–water partition coefficient (Wildman–Crippen LogP) is 2.93. The van der Waals surface area contributed by atoms with Gasteiger partial charge in [-0.15, -0.1) is 0 Å². The fraction of sp³-hybridized carbons (Fsp3) is 0.632. The number of morpholine rings is 1.